The smallest absolute Gasteiger partial charge is 0.169 e. The topological polar surface area (TPSA) is 82.8 Å². The normalized spacial score (nSPS) is 12.9. The van der Waals surface area contributed by atoms with Crippen molar-refractivity contribution in [2.45, 2.75) is 19.5 Å². The predicted octanol–water partition coefficient (Wildman–Crippen LogP) is 4.69. The van der Waals surface area contributed by atoms with Crippen molar-refractivity contribution in [3.05, 3.63) is 77.3 Å². The number of imidazole rings is 1. The first-order valence-corrected chi connectivity index (χ1v) is 11.6. The molecule has 36 heavy (non-hydrogen) atoms. The Balaban J connectivity index is 1.20. The zero-order valence-electron chi connectivity index (χ0n) is 20.0. The minimum absolute atomic E-state index is 0.0780. The molecule has 0 saturated heterocycles. The lowest BCUT2D eigenvalue weighted by molar-refractivity contribution is 0.229. The van der Waals surface area contributed by atoms with E-state index in [1.165, 1.54) is 12.1 Å². The van der Waals surface area contributed by atoms with Crippen LogP contribution in [0.4, 0.5) is 8.78 Å². The Morgan fingerprint density at radius 1 is 1.14 bits per heavy atom. The Bertz CT molecular complexity index is 1360. The number of aromatic amines is 1. The third kappa shape index (κ3) is 5.28. The van der Waals surface area contributed by atoms with E-state index >= 15 is 0 Å². The summed E-state index contributed by atoms with van der Waals surface area (Å²) in [5.74, 6) is -0.129. The summed E-state index contributed by atoms with van der Waals surface area (Å²) in [6.07, 6.45) is 2.55. The molecule has 1 aliphatic heterocycles. The second-order valence-electron chi connectivity index (χ2n) is 8.83. The fraction of sp³-hybridized carbons (Fsp3) is 0.269. The lowest BCUT2D eigenvalue weighted by Gasteiger charge is -2.19. The molecule has 186 valence electrons. The van der Waals surface area contributed by atoms with Crippen LogP contribution in [0.1, 0.15) is 23.6 Å². The molecule has 10 heteroatoms. The highest BCUT2D eigenvalue weighted by atomic mass is 19.2. The van der Waals surface area contributed by atoms with Crippen LogP contribution in [-0.4, -0.2) is 58.5 Å². The van der Waals surface area contributed by atoms with Gasteiger partial charge in [0.05, 0.1) is 37.2 Å². The van der Waals surface area contributed by atoms with E-state index in [0.717, 1.165) is 41.7 Å². The van der Waals surface area contributed by atoms with Gasteiger partial charge in [-0.15, -0.1) is 0 Å². The molecule has 2 aromatic carbocycles. The van der Waals surface area contributed by atoms with Crippen LogP contribution in [0.15, 0.2) is 58.2 Å². The molecule has 0 atom stereocenters. The van der Waals surface area contributed by atoms with Gasteiger partial charge in [0.2, 0.25) is 0 Å². The summed E-state index contributed by atoms with van der Waals surface area (Å²) in [5, 5.41) is 10.4. The van der Waals surface area contributed by atoms with Crippen molar-refractivity contribution in [2.24, 2.45) is 5.10 Å². The number of H-pyrrole nitrogens is 1. The number of benzene rings is 2. The molecular formula is C26H26F2N6O2. The van der Waals surface area contributed by atoms with Crippen LogP contribution in [0.3, 0.4) is 0 Å². The summed E-state index contributed by atoms with van der Waals surface area (Å²) in [7, 11) is 4.08. The lowest BCUT2D eigenvalue weighted by Crippen LogP contribution is -2.21. The van der Waals surface area contributed by atoms with Crippen LogP contribution in [-0.2, 0) is 13.1 Å². The maximum Gasteiger partial charge on any atom is 0.169 e. The second kappa shape index (κ2) is 10.3. The van der Waals surface area contributed by atoms with Gasteiger partial charge in [-0.2, -0.15) is 5.10 Å². The fourth-order valence-corrected chi connectivity index (χ4v) is 3.92. The van der Waals surface area contributed by atoms with E-state index in [-0.39, 0.29) is 11.4 Å². The van der Waals surface area contributed by atoms with Crippen LogP contribution in [0.2, 0.25) is 0 Å². The molecule has 1 N–H and O–H groups in total. The average Bonchev–Trinajstić information content (AvgIpc) is 3.51. The van der Waals surface area contributed by atoms with Crippen LogP contribution in [0.25, 0.3) is 22.6 Å². The molecule has 0 radical (unpaired) electrons. The molecule has 0 amide bonds. The van der Waals surface area contributed by atoms with E-state index in [0.29, 0.717) is 31.2 Å². The Morgan fingerprint density at radius 3 is 2.78 bits per heavy atom. The summed E-state index contributed by atoms with van der Waals surface area (Å²) < 4.78 is 39.1. The molecule has 0 saturated carbocycles. The minimum atomic E-state index is -0.935. The van der Waals surface area contributed by atoms with Crippen LogP contribution in [0, 0.1) is 11.6 Å². The van der Waals surface area contributed by atoms with Crippen molar-refractivity contribution in [3.8, 4) is 28.4 Å². The van der Waals surface area contributed by atoms with Gasteiger partial charge in [0.1, 0.15) is 23.0 Å². The zero-order valence-corrected chi connectivity index (χ0v) is 20.0. The van der Waals surface area contributed by atoms with Gasteiger partial charge in [-0.05, 0) is 56.9 Å². The number of nitrogens with zero attached hydrogens (tertiary/aromatic N) is 5. The minimum Gasteiger partial charge on any atom is -0.494 e. The van der Waals surface area contributed by atoms with Gasteiger partial charge < -0.3 is 19.1 Å². The molecule has 0 spiro atoms. The van der Waals surface area contributed by atoms with E-state index in [1.54, 1.807) is 11.2 Å². The molecule has 2 aromatic heterocycles. The van der Waals surface area contributed by atoms with Gasteiger partial charge in [-0.25, -0.2) is 13.8 Å². The second-order valence-corrected chi connectivity index (χ2v) is 8.83. The summed E-state index contributed by atoms with van der Waals surface area (Å²) >= 11 is 0. The number of fused-ring (bicyclic) bond motifs is 1. The molecule has 5 rings (SSSR count). The molecule has 0 fully saturated rings. The number of rotatable bonds is 9. The van der Waals surface area contributed by atoms with Crippen molar-refractivity contribution in [1.29, 1.82) is 0 Å². The summed E-state index contributed by atoms with van der Waals surface area (Å²) in [6, 6.07) is 13.6. The summed E-state index contributed by atoms with van der Waals surface area (Å²) in [5.41, 5.74) is 3.06. The van der Waals surface area contributed by atoms with E-state index < -0.39 is 11.6 Å². The van der Waals surface area contributed by atoms with Crippen LogP contribution < -0.4 is 4.74 Å². The van der Waals surface area contributed by atoms with Gasteiger partial charge in [0, 0.05) is 18.2 Å². The average molecular weight is 493 g/mol. The number of hydrazone groups is 1. The Kier molecular flexibility index (Phi) is 6.77. The molecule has 1 aliphatic rings. The zero-order chi connectivity index (χ0) is 25.1. The van der Waals surface area contributed by atoms with E-state index in [2.05, 4.69) is 25.1 Å². The first kappa shape index (κ1) is 23.7. The van der Waals surface area contributed by atoms with Crippen molar-refractivity contribution < 1.29 is 18.0 Å². The van der Waals surface area contributed by atoms with Gasteiger partial charge in [-0.1, -0.05) is 11.2 Å². The van der Waals surface area contributed by atoms with Crippen LogP contribution >= 0.6 is 0 Å². The number of hydrogen-bond acceptors (Lipinski definition) is 7. The van der Waals surface area contributed by atoms with Crippen molar-refractivity contribution in [1.82, 2.24) is 25.0 Å². The fourth-order valence-electron chi connectivity index (χ4n) is 3.92. The van der Waals surface area contributed by atoms with E-state index in [4.69, 9.17) is 9.26 Å². The van der Waals surface area contributed by atoms with Gasteiger partial charge in [0.25, 0.3) is 0 Å². The first-order valence-electron chi connectivity index (χ1n) is 11.6. The maximum atomic E-state index is 14.2. The van der Waals surface area contributed by atoms with Crippen LogP contribution in [0.5, 0.6) is 5.75 Å². The molecule has 0 aliphatic carbocycles. The monoisotopic (exact) mass is 492 g/mol. The Morgan fingerprint density at radius 2 is 1.97 bits per heavy atom. The van der Waals surface area contributed by atoms with Crippen molar-refractivity contribution in [2.75, 3.05) is 27.2 Å². The highest BCUT2D eigenvalue weighted by Gasteiger charge is 2.21. The SMILES string of the molecule is CN(C)CCCOc1ccc(-c2cc(CN3Cc4[nH]c(-c5cccc(F)c5F)nc4C=N3)on2)cc1. The molecule has 0 unspecified atom stereocenters. The van der Waals surface area contributed by atoms with E-state index in [9.17, 15) is 8.78 Å². The molecule has 8 nitrogen and oxygen atoms in total. The predicted molar refractivity (Wildman–Crippen MR) is 131 cm³/mol. The van der Waals surface area contributed by atoms with Crippen molar-refractivity contribution >= 4 is 6.21 Å². The molecule has 3 heterocycles. The number of halogens is 2. The number of hydrogen-bond donors (Lipinski definition) is 1. The largest absolute Gasteiger partial charge is 0.494 e. The van der Waals surface area contributed by atoms with Gasteiger partial charge in [0.15, 0.2) is 17.4 Å². The molecule has 4 aromatic rings. The molecule has 0 bridgehead atoms. The highest BCUT2D eigenvalue weighted by molar-refractivity contribution is 5.80. The lowest BCUT2D eigenvalue weighted by atomic mass is 10.1. The Labute approximate surface area is 207 Å². The van der Waals surface area contributed by atoms with Gasteiger partial charge >= 0.3 is 0 Å². The number of aromatic nitrogens is 3. The number of ether oxygens (including phenoxy) is 1. The first-order chi connectivity index (χ1) is 17.5. The highest BCUT2D eigenvalue weighted by Crippen LogP contribution is 2.26. The Hall–Kier alpha value is -4.05. The van der Waals surface area contributed by atoms with Crippen molar-refractivity contribution in [3.63, 3.8) is 0 Å². The number of nitrogens with one attached hydrogen (secondary N) is 1. The maximum absolute atomic E-state index is 14.2. The standard InChI is InChI=1S/C26H26F2N6O2/c1-33(2)11-4-12-35-18-9-7-17(8-10-18)22-13-19(36-32-22)15-34-16-24-23(14-29-34)30-26(31-24)20-5-3-6-21(27)25(20)28/h3,5-10,13-14H,4,11-12,15-16H2,1-2H3,(H,30,31). The third-order valence-electron chi connectivity index (χ3n) is 5.77. The van der Waals surface area contributed by atoms with E-state index in [1.807, 2.05) is 44.4 Å². The summed E-state index contributed by atoms with van der Waals surface area (Å²) in [4.78, 5) is 9.57. The van der Waals surface area contributed by atoms with Gasteiger partial charge in [-0.3, -0.25) is 5.01 Å². The quantitative estimate of drug-likeness (QED) is 0.342. The summed E-state index contributed by atoms with van der Waals surface area (Å²) in [6.45, 7) is 2.44. The molecular weight excluding hydrogens is 466 g/mol. The third-order valence-corrected chi connectivity index (χ3v) is 5.77.